The number of anilines is 1. The number of amides is 1. The van der Waals surface area contributed by atoms with Crippen molar-refractivity contribution in [2.24, 2.45) is 0 Å². The summed E-state index contributed by atoms with van der Waals surface area (Å²) < 4.78 is 0. The summed E-state index contributed by atoms with van der Waals surface area (Å²) in [5.41, 5.74) is 1.23. The zero-order valence-electron chi connectivity index (χ0n) is 11.9. The largest absolute Gasteiger partial charge is 0.395 e. The van der Waals surface area contributed by atoms with Crippen molar-refractivity contribution in [3.8, 4) is 0 Å². The third kappa shape index (κ3) is 3.29. The van der Waals surface area contributed by atoms with Crippen LogP contribution < -0.4 is 5.32 Å². The van der Waals surface area contributed by atoms with E-state index in [-0.39, 0.29) is 32.2 Å². The van der Waals surface area contributed by atoms with Gasteiger partial charge in [-0.25, -0.2) is 4.98 Å². The van der Waals surface area contributed by atoms with Gasteiger partial charge in [0.05, 0.1) is 24.3 Å². The highest BCUT2D eigenvalue weighted by atomic mass is 16.3. The van der Waals surface area contributed by atoms with Crippen molar-refractivity contribution in [3.63, 3.8) is 0 Å². The monoisotopic (exact) mass is 289 g/mol. The van der Waals surface area contributed by atoms with Crippen LogP contribution >= 0.6 is 0 Å². The maximum Gasteiger partial charge on any atom is 0.254 e. The molecule has 0 saturated carbocycles. The quantitative estimate of drug-likeness (QED) is 0.729. The molecule has 0 aliphatic carbocycles. The fourth-order valence-electron chi connectivity index (χ4n) is 2.21. The molecule has 2 aromatic rings. The summed E-state index contributed by atoms with van der Waals surface area (Å²) in [6, 6.07) is 9.08. The van der Waals surface area contributed by atoms with Gasteiger partial charge in [0.2, 0.25) is 0 Å². The van der Waals surface area contributed by atoms with Crippen LogP contribution in [0, 0.1) is 0 Å². The van der Waals surface area contributed by atoms with Gasteiger partial charge in [-0.05, 0) is 12.1 Å². The number of aliphatic hydroxyl groups excluding tert-OH is 2. The summed E-state index contributed by atoms with van der Waals surface area (Å²) in [4.78, 5) is 18.5. The Morgan fingerprint density at radius 3 is 2.52 bits per heavy atom. The van der Waals surface area contributed by atoms with E-state index in [4.69, 9.17) is 10.2 Å². The van der Waals surface area contributed by atoms with Crippen LogP contribution in [0.2, 0.25) is 0 Å². The fraction of sp³-hybridized carbons (Fsp3) is 0.333. The van der Waals surface area contributed by atoms with Crippen LogP contribution in [0.1, 0.15) is 10.4 Å². The molecule has 1 aromatic carbocycles. The topological polar surface area (TPSA) is 85.7 Å². The highest BCUT2D eigenvalue weighted by molar-refractivity contribution is 6.07. The van der Waals surface area contributed by atoms with Crippen molar-refractivity contribution < 1.29 is 15.0 Å². The average Bonchev–Trinajstić information content (AvgIpc) is 2.53. The van der Waals surface area contributed by atoms with Gasteiger partial charge in [-0.3, -0.25) is 4.79 Å². The third-order valence-corrected chi connectivity index (χ3v) is 3.23. The lowest BCUT2D eigenvalue weighted by atomic mass is 10.1. The molecule has 2 rings (SSSR count). The summed E-state index contributed by atoms with van der Waals surface area (Å²) in [7, 11) is 1.74. The molecule has 0 radical (unpaired) electrons. The zero-order chi connectivity index (χ0) is 15.2. The molecule has 3 N–H and O–H groups in total. The van der Waals surface area contributed by atoms with E-state index in [0.717, 1.165) is 10.9 Å². The summed E-state index contributed by atoms with van der Waals surface area (Å²) in [5, 5.41) is 21.8. The lowest BCUT2D eigenvalue weighted by Gasteiger charge is -2.21. The molecular formula is C15H19N3O3. The molecule has 0 bridgehead atoms. The predicted octanol–water partition coefficient (Wildman–Crippen LogP) is 0.703. The number of hydrogen-bond acceptors (Lipinski definition) is 5. The Morgan fingerprint density at radius 1 is 1.24 bits per heavy atom. The molecular weight excluding hydrogens is 270 g/mol. The molecule has 0 spiro atoms. The normalized spacial score (nSPS) is 10.6. The van der Waals surface area contributed by atoms with E-state index in [9.17, 15) is 4.79 Å². The van der Waals surface area contributed by atoms with E-state index < -0.39 is 0 Å². The molecule has 0 unspecified atom stereocenters. The highest BCUT2D eigenvalue weighted by Crippen LogP contribution is 2.22. The predicted molar refractivity (Wildman–Crippen MR) is 81.4 cm³/mol. The highest BCUT2D eigenvalue weighted by Gasteiger charge is 2.18. The summed E-state index contributed by atoms with van der Waals surface area (Å²) in [5.74, 6) is 0.373. The first-order valence-corrected chi connectivity index (χ1v) is 6.79. The Balaban J connectivity index is 2.50. The average molecular weight is 289 g/mol. The number of fused-ring (bicyclic) bond motifs is 1. The molecule has 0 aliphatic heterocycles. The Hall–Kier alpha value is -2.18. The SMILES string of the molecule is CNc1cc(C(=O)N(CCO)CCO)c2ccccc2n1. The lowest BCUT2D eigenvalue weighted by molar-refractivity contribution is 0.0687. The molecule has 112 valence electrons. The number of aromatic nitrogens is 1. The second kappa shape index (κ2) is 7.01. The summed E-state index contributed by atoms with van der Waals surface area (Å²) in [6.07, 6.45) is 0. The van der Waals surface area contributed by atoms with E-state index in [1.165, 1.54) is 4.90 Å². The number of carbonyl (C=O) groups excluding carboxylic acids is 1. The van der Waals surface area contributed by atoms with E-state index in [0.29, 0.717) is 11.4 Å². The number of pyridine rings is 1. The van der Waals surface area contributed by atoms with Crippen molar-refractivity contribution in [2.45, 2.75) is 0 Å². The minimum Gasteiger partial charge on any atom is -0.395 e. The number of nitrogens with one attached hydrogen (secondary N) is 1. The number of hydrogen-bond donors (Lipinski definition) is 3. The van der Waals surface area contributed by atoms with Gasteiger partial charge in [0.15, 0.2) is 0 Å². The second-order valence-corrected chi connectivity index (χ2v) is 4.56. The smallest absolute Gasteiger partial charge is 0.254 e. The van der Waals surface area contributed by atoms with Crippen molar-refractivity contribution in [1.82, 2.24) is 9.88 Å². The number of benzene rings is 1. The van der Waals surface area contributed by atoms with Crippen LogP contribution in [0.5, 0.6) is 0 Å². The molecule has 6 heteroatoms. The molecule has 1 heterocycles. The number of nitrogens with zero attached hydrogens (tertiary/aromatic N) is 2. The van der Waals surface area contributed by atoms with Gasteiger partial charge in [0.1, 0.15) is 5.82 Å². The first kappa shape index (κ1) is 15.2. The van der Waals surface area contributed by atoms with Crippen LogP contribution in [0.25, 0.3) is 10.9 Å². The van der Waals surface area contributed by atoms with E-state index >= 15 is 0 Å². The first-order valence-electron chi connectivity index (χ1n) is 6.79. The van der Waals surface area contributed by atoms with Gasteiger partial charge in [0.25, 0.3) is 5.91 Å². The minimum absolute atomic E-state index is 0.145. The number of aliphatic hydroxyl groups is 2. The van der Waals surface area contributed by atoms with Crippen LogP contribution in [-0.4, -0.2) is 59.4 Å². The molecule has 0 aliphatic rings. The maximum absolute atomic E-state index is 12.7. The van der Waals surface area contributed by atoms with Gasteiger partial charge in [-0.2, -0.15) is 0 Å². The molecule has 1 amide bonds. The van der Waals surface area contributed by atoms with E-state index in [1.54, 1.807) is 13.1 Å². The Kier molecular flexibility index (Phi) is 5.08. The molecule has 21 heavy (non-hydrogen) atoms. The second-order valence-electron chi connectivity index (χ2n) is 4.56. The van der Waals surface area contributed by atoms with Gasteiger partial charge in [0, 0.05) is 25.5 Å². The number of rotatable bonds is 6. The Labute approximate surface area is 123 Å². The molecule has 0 saturated heterocycles. The van der Waals surface area contributed by atoms with Gasteiger partial charge < -0.3 is 20.4 Å². The Bertz CT molecular complexity index is 625. The van der Waals surface area contributed by atoms with Crippen LogP contribution in [0.4, 0.5) is 5.82 Å². The number of carbonyl (C=O) groups is 1. The molecule has 6 nitrogen and oxygen atoms in total. The fourth-order valence-corrected chi connectivity index (χ4v) is 2.21. The van der Waals surface area contributed by atoms with Crippen molar-refractivity contribution in [1.29, 1.82) is 0 Å². The van der Waals surface area contributed by atoms with E-state index in [2.05, 4.69) is 10.3 Å². The maximum atomic E-state index is 12.7. The first-order chi connectivity index (χ1) is 10.2. The van der Waals surface area contributed by atoms with E-state index in [1.807, 2.05) is 24.3 Å². The van der Waals surface area contributed by atoms with Gasteiger partial charge in [-0.1, -0.05) is 18.2 Å². The summed E-state index contributed by atoms with van der Waals surface area (Å²) in [6.45, 7) is 0.0805. The molecule has 1 aromatic heterocycles. The van der Waals surface area contributed by atoms with Crippen molar-refractivity contribution in [2.75, 3.05) is 38.7 Å². The van der Waals surface area contributed by atoms with Crippen LogP contribution in [0.15, 0.2) is 30.3 Å². The number of para-hydroxylation sites is 1. The van der Waals surface area contributed by atoms with Crippen molar-refractivity contribution >= 4 is 22.6 Å². The Morgan fingerprint density at radius 2 is 1.90 bits per heavy atom. The third-order valence-electron chi connectivity index (χ3n) is 3.23. The zero-order valence-corrected chi connectivity index (χ0v) is 11.9. The standard InChI is InChI=1S/C15H19N3O3/c1-16-14-10-12(11-4-2-3-5-13(11)17-14)15(21)18(6-8-19)7-9-20/h2-5,10,19-20H,6-9H2,1H3,(H,16,17). The van der Waals surface area contributed by atoms with Gasteiger partial charge in [-0.15, -0.1) is 0 Å². The van der Waals surface area contributed by atoms with Crippen molar-refractivity contribution in [3.05, 3.63) is 35.9 Å². The molecule has 0 fully saturated rings. The molecule has 0 atom stereocenters. The minimum atomic E-state index is -0.229. The van der Waals surface area contributed by atoms with Crippen LogP contribution in [-0.2, 0) is 0 Å². The summed E-state index contributed by atoms with van der Waals surface area (Å²) >= 11 is 0. The lowest BCUT2D eigenvalue weighted by Crippen LogP contribution is -2.36. The van der Waals surface area contributed by atoms with Crippen LogP contribution in [0.3, 0.4) is 0 Å². The van der Waals surface area contributed by atoms with Gasteiger partial charge >= 0.3 is 0 Å².